The third-order valence-electron chi connectivity index (χ3n) is 4.10. The molecule has 1 saturated carbocycles. The van der Waals surface area contributed by atoms with Crippen molar-refractivity contribution in [3.8, 4) is 0 Å². The van der Waals surface area contributed by atoms with Crippen LogP contribution in [0.2, 0.25) is 0 Å². The minimum Gasteiger partial charge on any atom is -0.468 e. The van der Waals surface area contributed by atoms with Gasteiger partial charge >= 0.3 is 12.1 Å². The molecule has 1 aliphatic carbocycles. The Balaban J connectivity index is 2.59. The Morgan fingerprint density at radius 1 is 1.17 bits per heavy atom. The minimum absolute atomic E-state index is 0.0388. The predicted octanol–water partition coefficient (Wildman–Crippen LogP) is 2.61. The zero-order valence-electron chi connectivity index (χ0n) is 15.1. The van der Waals surface area contributed by atoms with Gasteiger partial charge in [0.2, 0.25) is 0 Å². The van der Waals surface area contributed by atoms with Crippen molar-refractivity contribution in [1.29, 1.82) is 0 Å². The number of amides is 1. The van der Waals surface area contributed by atoms with E-state index in [-0.39, 0.29) is 12.0 Å². The van der Waals surface area contributed by atoms with Crippen LogP contribution in [0.5, 0.6) is 0 Å². The molecule has 0 radical (unpaired) electrons. The van der Waals surface area contributed by atoms with Crippen molar-refractivity contribution < 1.29 is 19.1 Å². The summed E-state index contributed by atoms with van der Waals surface area (Å²) in [6.45, 7) is 7.74. The Morgan fingerprint density at radius 2 is 1.78 bits per heavy atom. The number of hydrogen-bond donors (Lipinski definition) is 2. The first-order valence-electron chi connectivity index (χ1n) is 8.53. The van der Waals surface area contributed by atoms with E-state index in [2.05, 4.69) is 10.6 Å². The Labute approximate surface area is 139 Å². The van der Waals surface area contributed by atoms with Gasteiger partial charge in [-0.25, -0.2) is 4.79 Å². The largest absolute Gasteiger partial charge is 0.468 e. The van der Waals surface area contributed by atoms with Gasteiger partial charge in [-0.15, -0.1) is 0 Å². The van der Waals surface area contributed by atoms with Gasteiger partial charge in [-0.3, -0.25) is 10.1 Å². The van der Waals surface area contributed by atoms with Gasteiger partial charge in [0.15, 0.2) is 0 Å². The fourth-order valence-corrected chi connectivity index (χ4v) is 2.97. The fraction of sp³-hybridized carbons (Fsp3) is 0.882. The maximum Gasteiger partial charge on any atom is 0.407 e. The summed E-state index contributed by atoms with van der Waals surface area (Å²) >= 11 is 0. The smallest absolute Gasteiger partial charge is 0.407 e. The van der Waals surface area contributed by atoms with Gasteiger partial charge in [-0.2, -0.15) is 0 Å². The quantitative estimate of drug-likeness (QED) is 0.733. The van der Waals surface area contributed by atoms with Crippen molar-refractivity contribution in [3.63, 3.8) is 0 Å². The van der Waals surface area contributed by atoms with Crippen LogP contribution in [0.1, 0.15) is 59.8 Å². The van der Waals surface area contributed by atoms with Gasteiger partial charge in [0.1, 0.15) is 11.6 Å². The normalized spacial score (nSPS) is 18.8. The SMILES string of the molecule is COC(=O)C(C)NC(CNC(=O)OC(C)(C)C)C1CCCCC1. The molecule has 2 unspecified atom stereocenters. The van der Waals surface area contributed by atoms with Crippen LogP contribution in [0.25, 0.3) is 0 Å². The van der Waals surface area contributed by atoms with E-state index < -0.39 is 17.7 Å². The van der Waals surface area contributed by atoms with Crippen molar-refractivity contribution in [2.24, 2.45) is 5.92 Å². The summed E-state index contributed by atoms with van der Waals surface area (Å²) in [4.78, 5) is 23.5. The number of hydrogen-bond acceptors (Lipinski definition) is 5. The summed E-state index contributed by atoms with van der Waals surface area (Å²) in [7, 11) is 1.38. The van der Waals surface area contributed by atoms with Crippen molar-refractivity contribution in [1.82, 2.24) is 10.6 Å². The summed E-state index contributed by atoms with van der Waals surface area (Å²) in [6.07, 6.45) is 5.45. The van der Waals surface area contributed by atoms with E-state index in [1.54, 1.807) is 6.92 Å². The summed E-state index contributed by atoms with van der Waals surface area (Å²) in [5, 5.41) is 6.13. The van der Waals surface area contributed by atoms with Crippen molar-refractivity contribution in [2.75, 3.05) is 13.7 Å². The zero-order valence-corrected chi connectivity index (χ0v) is 15.1. The Hall–Kier alpha value is -1.30. The summed E-state index contributed by atoms with van der Waals surface area (Å²) < 4.78 is 10.1. The molecule has 0 bridgehead atoms. The number of esters is 1. The molecule has 6 nitrogen and oxygen atoms in total. The van der Waals surface area contributed by atoms with E-state index in [1.165, 1.54) is 26.4 Å². The second kappa shape index (κ2) is 9.11. The molecule has 1 aliphatic rings. The van der Waals surface area contributed by atoms with Crippen LogP contribution in [0.3, 0.4) is 0 Å². The molecule has 0 aliphatic heterocycles. The van der Waals surface area contributed by atoms with Gasteiger partial charge in [-0.1, -0.05) is 19.3 Å². The summed E-state index contributed by atoms with van der Waals surface area (Å²) in [6, 6.07) is -0.357. The Kier molecular flexibility index (Phi) is 7.82. The first-order chi connectivity index (χ1) is 10.7. The lowest BCUT2D eigenvalue weighted by molar-refractivity contribution is -0.143. The van der Waals surface area contributed by atoms with Crippen LogP contribution < -0.4 is 10.6 Å². The molecule has 2 N–H and O–H groups in total. The highest BCUT2D eigenvalue weighted by atomic mass is 16.6. The van der Waals surface area contributed by atoms with E-state index in [1.807, 2.05) is 20.8 Å². The first kappa shape index (κ1) is 19.7. The van der Waals surface area contributed by atoms with Crippen molar-refractivity contribution in [2.45, 2.75) is 77.5 Å². The van der Waals surface area contributed by atoms with Gasteiger partial charge in [0.25, 0.3) is 0 Å². The molecule has 0 heterocycles. The van der Waals surface area contributed by atoms with Gasteiger partial charge in [0.05, 0.1) is 7.11 Å². The monoisotopic (exact) mass is 328 g/mol. The molecular formula is C17H32N2O4. The number of carbonyl (C=O) groups excluding carboxylic acids is 2. The second-order valence-corrected chi connectivity index (χ2v) is 7.30. The average molecular weight is 328 g/mol. The average Bonchev–Trinajstić information content (AvgIpc) is 2.49. The highest BCUT2D eigenvalue weighted by molar-refractivity contribution is 5.75. The predicted molar refractivity (Wildman–Crippen MR) is 89.2 cm³/mol. The van der Waals surface area contributed by atoms with Crippen LogP contribution in [-0.4, -0.2) is 43.4 Å². The topological polar surface area (TPSA) is 76.7 Å². The molecule has 1 amide bonds. The molecule has 134 valence electrons. The molecule has 0 spiro atoms. The third-order valence-corrected chi connectivity index (χ3v) is 4.10. The minimum atomic E-state index is -0.517. The Bertz CT molecular complexity index is 387. The van der Waals surface area contributed by atoms with Gasteiger partial charge in [0, 0.05) is 12.6 Å². The van der Waals surface area contributed by atoms with Crippen molar-refractivity contribution in [3.05, 3.63) is 0 Å². The molecule has 1 rings (SSSR count). The van der Waals surface area contributed by atoms with Crippen LogP contribution in [0.15, 0.2) is 0 Å². The zero-order chi connectivity index (χ0) is 17.5. The van der Waals surface area contributed by atoms with Crippen LogP contribution >= 0.6 is 0 Å². The molecule has 0 saturated heterocycles. The number of carbonyl (C=O) groups is 2. The lowest BCUT2D eigenvalue weighted by Crippen LogP contribution is -2.52. The Morgan fingerprint density at radius 3 is 2.30 bits per heavy atom. The number of nitrogens with one attached hydrogen (secondary N) is 2. The lowest BCUT2D eigenvalue weighted by Gasteiger charge is -2.33. The standard InChI is InChI=1S/C17H32N2O4/c1-12(15(20)22-5)19-14(13-9-7-6-8-10-13)11-18-16(21)23-17(2,3)4/h12-14,19H,6-11H2,1-5H3,(H,18,21). The van der Waals surface area contributed by atoms with E-state index in [0.29, 0.717) is 12.5 Å². The summed E-state index contributed by atoms with van der Waals surface area (Å²) in [5.41, 5.74) is -0.517. The van der Waals surface area contributed by atoms with Crippen LogP contribution in [-0.2, 0) is 14.3 Å². The number of alkyl carbamates (subject to hydrolysis) is 1. The molecule has 2 atom stereocenters. The fourth-order valence-electron chi connectivity index (χ4n) is 2.97. The molecule has 0 aromatic carbocycles. The van der Waals surface area contributed by atoms with Gasteiger partial charge < -0.3 is 14.8 Å². The highest BCUT2D eigenvalue weighted by Crippen LogP contribution is 2.26. The second-order valence-electron chi connectivity index (χ2n) is 7.30. The first-order valence-corrected chi connectivity index (χ1v) is 8.53. The number of ether oxygens (including phenoxy) is 2. The van der Waals surface area contributed by atoms with E-state index in [9.17, 15) is 9.59 Å². The molecular weight excluding hydrogens is 296 g/mol. The summed E-state index contributed by atoms with van der Waals surface area (Å²) in [5.74, 6) is 0.161. The van der Waals surface area contributed by atoms with Gasteiger partial charge in [-0.05, 0) is 46.5 Å². The molecule has 1 fully saturated rings. The molecule has 0 aromatic rings. The highest BCUT2D eigenvalue weighted by Gasteiger charge is 2.28. The number of rotatable bonds is 6. The van der Waals surface area contributed by atoms with E-state index in [0.717, 1.165) is 12.8 Å². The molecule has 23 heavy (non-hydrogen) atoms. The lowest BCUT2D eigenvalue weighted by atomic mass is 9.83. The molecule has 6 heteroatoms. The van der Waals surface area contributed by atoms with E-state index in [4.69, 9.17) is 9.47 Å². The third kappa shape index (κ3) is 7.68. The van der Waals surface area contributed by atoms with E-state index >= 15 is 0 Å². The molecule has 0 aromatic heterocycles. The number of methoxy groups -OCH3 is 1. The van der Waals surface area contributed by atoms with Crippen LogP contribution in [0, 0.1) is 5.92 Å². The van der Waals surface area contributed by atoms with Crippen molar-refractivity contribution >= 4 is 12.1 Å². The van der Waals surface area contributed by atoms with Crippen LogP contribution in [0.4, 0.5) is 4.79 Å². The maximum absolute atomic E-state index is 11.9. The maximum atomic E-state index is 11.9.